The van der Waals surface area contributed by atoms with Crippen molar-refractivity contribution in [3.63, 3.8) is 0 Å². The SMILES string of the molecule is CC(=O)NCC(O)C(O)c1c(F)cccc1OC(F)F. The predicted octanol–water partition coefficient (Wildman–Crippen LogP) is 0.957. The van der Waals surface area contributed by atoms with Gasteiger partial charge in [-0.25, -0.2) is 4.39 Å². The van der Waals surface area contributed by atoms with E-state index in [-0.39, 0.29) is 6.54 Å². The summed E-state index contributed by atoms with van der Waals surface area (Å²) in [5.74, 6) is -2.04. The lowest BCUT2D eigenvalue weighted by Gasteiger charge is -2.21. The maximum absolute atomic E-state index is 13.6. The molecule has 20 heavy (non-hydrogen) atoms. The highest BCUT2D eigenvalue weighted by atomic mass is 19.3. The van der Waals surface area contributed by atoms with Gasteiger partial charge >= 0.3 is 6.61 Å². The fourth-order valence-electron chi connectivity index (χ4n) is 1.56. The van der Waals surface area contributed by atoms with E-state index in [1.54, 1.807) is 0 Å². The first-order chi connectivity index (χ1) is 9.32. The first kappa shape index (κ1) is 16.3. The maximum atomic E-state index is 13.6. The summed E-state index contributed by atoms with van der Waals surface area (Å²) in [5, 5.41) is 21.7. The molecule has 112 valence electrons. The monoisotopic (exact) mass is 293 g/mol. The highest BCUT2D eigenvalue weighted by Crippen LogP contribution is 2.31. The average Bonchev–Trinajstić information content (AvgIpc) is 2.34. The van der Waals surface area contributed by atoms with Crippen LogP contribution < -0.4 is 10.1 Å². The molecule has 0 radical (unpaired) electrons. The van der Waals surface area contributed by atoms with Crippen molar-refractivity contribution in [2.24, 2.45) is 0 Å². The number of alkyl halides is 2. The molecule has 0 aliphatic carbocycles. The van der Waals surface area contributed by atoms with Crippen LogP contribution in [0.5, 0.6) is 5.75 Å². The highest BCUT2D eigenvalue weighted by Gasteiger charge is 2.26. The van der Waals surface area contributed by atoms with Crippen molar-refractivity contribution >= 4 is 5.91 Å². The van der Waals surface area contributed by atoms with Gasteiger partial charge in [0.2, 0.25) is 5.91 Å². The molecule has 8 heteroatoms. The van der Waals surface area contributed by atoms with E-state index in [0.29, 0.717) is 0 Å². The van der Waals surface area contributed by atoms with E-state index in [0.717, 1.165) is 18.2 Å². The Bertz CT molecular complexity index is 470. The summed E-state index contributed by atoms with van der Waals surface area (Å²) in [6, 6.07) is 3.10. The number of carbonyl (C=O) groups excluding carboxylic acids is 1. The van der Waals surface area contributed by atoms with Gasteiger partial charge in [-0.2, -0.15) is 8.78 Å². The van der Waals surface area contributed by atoms with Crippen LogP contribution in [0.4, 0.5) is 13.2 Å². The van der Waals surface area contributed by atoms with Gasteiger partial charge in [0.15, 0.2) is 0 Å². The maximum Gasteiger partial charge on any atom is 0.387 e. The van der Waals surface area contributed by atoms with E-state index in [9.17, 15) is 28.2 Å². The summed E-state index contributed by atoms with van der Waals surface area (Å²) >= 11 is 0. The number of nitrogens with one attached hydrogen (secondary N) is 1. The summed E-state index contributed by atoms with van der Waals surface area (Å²) in [7, 11) is 0. The number of hydrogen-bond acceptors (Lipinski definition) is 4. The summed E-state index contributed by atoms with van der Waals surface area (Å²) in [5.41, 5.74) is -0.592. The van der Waals surface area contributed by atoms with E-state index in [2.05, 4.69) is 10.1 Å². The molecule has 1 aromatic carbocycles. The molecule has 0 heterocycles. The van der Waals surface area contributed by atoms with Gasteiger partial charge in [-0.1, -0.05) is 6.07 Å². The van der Waals surface area contributed by atoms with Crippen molar-refractivity contribution in [3.8, 4) is 5.75 Å². The van der Waals surface area contributed by atoms with Crippen LogP contribution in [-0.4, -0.2) is 35.4 Å². The molecule has 1 amide bonds. The second-order valence-corrected chi connectivity index (χ2v) is 3.98. The molecule has 0 aliphatic heterocycles. The molecule has 0 saturated heterocycles. The van der Waals surface area contributed by atoms with E-state index >= 15 is 0 Å². The third-order valence-electron chi connectivity index (χ3n) is 2.45. The lowest BCUT2D eigenvalue weighted by molar-refractivity contribution is -0.119. The molecule has 5 nitrogen and oxygen atoms in total. The zero-order chi connectivity index (χ0) is 15.3. The molecule has 0 aromatic heterocycles. The number of hydrogen-bond donors (Lipinski definition) is 3. The van der Waals surface area contributed by atoms with E-state index < -0.39 is 41.9 Å². The van der Waals surface area contributed by atoms with Gasteiger partial charge in [0.1, 0.15) is 23.8 Å². The molecule has 0 fully saturated rings. The van der Waals surface area contributed by atoms with Gasteiger partial charge in [-0.3, -0.25) is 4.79 Å². The Balaban J connectivity index is 2.95. The lowest BCUT2D eigenvalue weighted by Crippen LogP contribution is -2.34. The Morgan fingerprint density at radius 1 is 1.40 bits per heavy atom. The number of ether oxygens (including phenoxy) is 1. The molecule has 0 spiro atoms. The quantitative estimate of drug-likeness (QED) is 0.730. The summed E-state index contributed by atoms with van der Waals surface area (Å²) in [4.78, 5) is 10.7. The summed E-state index contributed by atoms with van der Waals surface area (Å²) in [6.45, 7) is -2.37. The van der Waals surface area contributed by atoms with Crippen LogP contribution in [0.3, 0.4) is 0 Å². The van der Waals surface area contributed by atoms with Crippen LogP contribution >= 0.6 is 0 Å². The molecule has 2 unspecified atom stereocenters. The molecule has 0 aliphatic rings. The molecular formula is C12H14F3NO4. The van der Waals surface area contributed by atoms with Crippen LogP contribution in [0, 0.1) is 5.82 Å². The average molecular weight is 293 g/mol. The van der Waals surface area contributed by atoms with Crippen LogP contribution in [0.15, 0.2) is 18.2 Å². The summed E-state index contributed by atoms with van der Waals surface area (Å²) in [6.07, 6.45) is -3.40. The van der Waals surface area contributed by atoms with Gasteiger partial charge < -0.3 is 20.3 Å². The van der Waals surface area contributed by atoms with E-state index in [4.69, 9.17) is 0 Å². The Morgan fingerprint density at radius 2 is 2.05 bits per heavy atom. The predicted molar refractivity (Wildman–Crippen MR) is 62.7 cm³/mol. The van der Waals surface area contributed by atoms with Gasteiger partial charge in [0.25, 0.3) is 0 Å². The smallest absolute Gasteiger partial charge is 0.387 e. The summed E-state index contributed by atoms with van der Waals surface area (Å²) < 4.78 is 42.1. The number of aliphatic hydroxyl groups is 2. The van der Waals surface area contributed by atoms with Crippen molar-refractivity contribution in [1.29, 1.82) is 0 Å². The third kappa shape index (κ3) is 4.39. The van der Waals surface area contributed by atoms with Gasteiger partial charge in [0, 0.05) is 13.5 Å². The van der Waals surface area contributed by atoms with Crippen molar-refractivity contribution in [2.45, 2.75) is 25.7 Å². The number of carbonyl (C=O) groups is 1. The Hall–Kier alpha value is -1.80. The van der Waals surface area contributed by atoms with Crippen molar-refractivity contribution in [2.75, 3.05) is 6.54 Å². The Kier molecular flexibility index (Phi) is 5.78. The van der Waals surface area contributed by atoms with Crippen LogP contribution in [-0.2, 0) is 4.79 Å². The van der Waals surface area contributed by atoms with E-state index in [1.165, 1.54) is 6.92 Å². The fourth-order valence-corrected chi connectivity index (χ4v) is 1.56. The molecule has 0 saturated carbocycles. The Morgan fingerprint density at radius 3 is 2.60 bits per heavy atom. The molecular weight excluding hydrogens is 279 g/mol. The van der Waals surface area contributed by atoms with Crippen molar-refractivity contribution in [1.82, 2.24) is 5.32 Å². The number of aliphatic hydroxyl groups excluding tert-OH is 2. The first-order valence-corrected chi connectivity index (χ1v) is 5.66. The largest absolute Gasteiger partial charge is 0.434 e. The van der Waals surface area contributed by atoms with Gasteiger partial charge in [-0.15, -0.1) is 0 Å². The molecule has 1 rings (SSSR count). The third-order valence-corrected chi connectivity index (χ3v) is 2.45. The zero-order valence-corrected chi connectivity index (χ0v) is 10.5. The van der Waals surface area contributed by atoms with Crippen LogP contribution in [0.1, 0.15) is 18.6 Å². The lowest BCUT2D eigenvalue weighted by atomic mass is 10.0. The molecule has 1 aromatic rings. The topological polar surface area (TPSA) is 78.8 Å². The minimum Gasteiger partial charge on any atom is -0.434 e. The minimum absolute atomic E-state index is 0.362. The Labute approximate surface area is 113 Å². The second kappa shape index (κ2) is 7.11. The number of amides is 1. The minimum atomic E-state index is -3.20. The van der Waals surface area contributed by atoms with Gasteiger partial charge in [0.05, 0.1) is 5.56 Å². The molecule has 3 N–H and O–H groups in total. The molecule has 0 bridgehead atoms. The first-order valence-electron chi connectivity index (χ1n) is 5.66. The van der Waals surface area contributed by atoms with Crippen LogP contribution in [0.2, 0.25) is 0 Å². The highest BCUT2D eigenvalue weighted by molar-refractivity contribution is 5.72. The normalized spacial score (nSPS) is 13.9. The standard InChI is InChI=1S/C12H14F3NO4/c1-6(17)16-5-8(18)11(19)10-7(13)3-2-4-9(10)20-12(14)15/h2-4,8,11-12,18-19H,5H2,1H3,(H,16,17). The second-order valence-electron chi connectivity index (χ2n) is 3.98. The van der Waals surface area contributed by atoms with Gasteiger partial charge in [-0.05, 0) is 12.1 Å². The van der Waals surface area contributed by atoms with Crippen molar-refractivity contribution in [3.05, 3.63) is 29.6 Å². The van der Waals surface area contributed by atoms with E-state index in [1.807, 2.05) is 0 Å². The fraction of sp³-hybridized carbons (Fsp3) is 0.417. The zero-order valence-electron chi connectivity index (χ0n) is 10.5. The number of rotatable bonds is 6. The van der Waals surface area contributed by atoms with Crippen molar-refractivity contribution < 1.29 is 32.9 Å². The number of benzene rings is 1. The number of halogens is 3. The van der Waals surface area contributed by atoms with Crippen LogP contribution in [0.25, 0.3) is 0 Å². The molecule has 2 atom stereocenters.